The van der Waals surface area contributed by atoms with Crippen molar-refractivity contribution in [3.8, 4) is 10.7 Å². The molecule has 0 spiro atoms. The van der Waals surface area contributed by atoms with Crippen molar-refractivity contribution in [3.63, 3.8) is 0 Å². The Labute approximate surface area is 106 Å². The summed E-state index contributed by atoms with van der Waals surface area (Å²) in [5.41, 5.74) is -1.23. The van der Waals surface area contributed by atoms with Crippen LogP contribution in [0.5, 0.6) is 0 Å². The maximum Gasteiger partial charge on any atom is 0.331 e. The lowest BCUT2D eigenvalue weighted by Crippen LogP contribution is -2.37. The van der Waals surface area contributed by atoms with Crippen LogP contribution >= 0.6 is 22.9 Å². The van der Waals surface area contributed by atoms with Crippen LogP contribution < -0.4 is 0 Å². The van der Waals surface area contributed by atoms with Gasteiger partial charge < -0.3 is 5.11 Å². The lowest BCUT2D eigenvalue weighted by atomic mass is 10.1. The number of aliphatic carboxylic acids is 1. The highest BCUT2D eigenvalue weighted by Crippen LogP contribution is 2.33. The van der Waals surface area contributed by atoms with Crippen LogP contribution in [0, 0.1) is 0 Å². The quantitative estimate of drug-likeness (QED) is 0.922. The molecular formula is C9H9ClN4O2S. The number of halogens is 1. The van der Waals surface area contributed by atoms with Gasteiger partial charge in [0.2, 0.25) is 0 Å². The zero-order valence-corrected chi connectivity index (χ0v) is 10.7. The van der Waals surface area contributed by atoms with Crippen molar-refractivity contribution in [3.05, 3.63) is 16.5 Å². The first-order valence-corrected chi connectivity index (χ1v) is 5.96. The van der Waals surface area contributed by atoms with Gasteiger partial charge in [0.15, 0.2) is 11.4 Å². The van der Waals surface area contributed by atoms with E-state index in [-0.39, 0.29) is 0 Å². The number of carboxylic acid groups (broad SMARTS) is 1. The van der Waals surface area contributed by atoms with E-state index in [1.165, 1.54) is 29.9 Å². The predicted molar refractivity (Wildman–Crippen MR) is 63.1 cm³/mol. The van der Waals surface area contributed by atoms with E-state index < -0.39 is 11.5 Å². The number of nitrogens with zero attached hydrogens (tertiary/aromatic N) is 4. The Balaban J connectivity index is 2.57. The van der Waals surface area contributed by atoms with E-state index in [9.17, 15) is 4.79 Å². The molecule has 0 radical (unpaired) electrons. The first kappa shape index (κ1) is 12.0. The second kappa shape index (κ2) is 4.08. The maximum absolute atomic E-state index is 11.2. The standard InChI is InChI=1S/C9H9ClN4O2S/c1-9(2,8(15)16)14-7(11-12-13-14)6-5(10)3-4-17-6/h3-4H,1-2H3,(H,15,16). The molecule has 2 aromatic heterocycles. The number of hydrogen-bond donors (Lipinski definition) is 1. The van der Waals surface area contributed by atoms with E-state index in [4.69, 9.17) is 16.7 Å². The first-order chi connectivity index (χ1) is 7.94. The minimum Gasteiger partial charge on any atom is -0.479 e. The molecule has 0 unspecified atom stereocenters. The fourth-order valence-corrected chi connectivity index (χ4v) is 2.36. The summed E-state index contributed by atoms with van der Waals surface area (Å²) in [4.78, 5) is 11.8. The zero-order valence-electron chi connectivity index (χ0n) is 9.09. The van der Waals surface area contributed by atoms with Crippen LogP contribution in [0.4, 0.5) is 0 Å². The van der Waals surface area contributed by atoms with Crippen molar-refractivity contribution in [1.82, 2.24) is 20.2 Å². The van der Waals surface area contributed by atoms with Crippen LogP contribution in [0.2, 0.25) is 5.02 Å². The fraction of sp³-hybridized carbons (Fsp3) is 0.333. The van der Waals surface area contributed by atoms with Gasteiger partial charge in [0.05, 0.1) is 9.90 Å². The molecule has 0 saturated carbocycles. The molecule has 0 aliphatic carbocycles. The molecule has 0 aliphatic heterocycles. The van der Waals surface area contributed by atoms with E-state index in [1.54, 1.807) is 11.4 Å². The summed E-state index contributed by atoms with van der Waals surface area (Å²) in [5, 5.41) is 22.5. The lowest BCUT2D eigenvalue weighted by Gasteiger charge is -2.19. The van der Waals surface area contributed by atoms with E-state index in [0.29, 0.717) is 15.7 Å². The molecule has 1 N–H and O–H groups in total. The fourth-order valence-electron chi connectivity index (χ4n) is 1.25. The highest BCUT2D eigenvalue weighted by Gasteiger charge is 2.34. The van der Waals surface area contributed by atoms with Crippen LogP contribution in [0.3, 0.4) is 0 Å². The van der Waals surface area contributed by atoms with Crippen molar-refractivity contribution in [1.29, 1.82) is 0 Å². The van der Waals surface area contributed by atoms with Crippen molar-refractivity contribution >= 4 is 28.9 Å². The Kier molecular flexibility index (Phi) is 2.88. The number of rotatable bonds is 3. The molecule has 2 heterocycles. The average Bonchev–Trinajstić information content (AvgIpc) is 2.84. The summed E-state index contributed by atoms with van der Waals surface area (Å²) >= 11 is 7.35. The van der Waals surface area contributed by atoms with Crippen molar-refractivity contribution < 1.29 is 9.90 Å². The number of hydrogen-bond acceptors (Lipinski definition) is 5. The van der Waals surface area contributed by atoms with Crippen LogP contribution in [0.25, 0.3) is 10.7 Å². The smallest absolute Gasteiger partial charge is 0.331 e. The normalized spacial score (nSPS) is 11.7. The van der Waals surface area contributed by atoms with Gasteiger partial charge in [-0.15, -0.1) is 16.4 Å². The molecule has 0 atom stereocenters. The van der Waals surface area contributed by atoms with Gasteiger partial charge in [-0.2, -0.15) is 0 Å². The molecule has 90 valence electrons. The maximum atomic E-state index is 11.2. The average molecular weight is 273 g/mol. The molecule has 6 nitrogen and oxygen atoms in total. The molecule has 2 rings (SSSR count). The van der Waals surface area contributed by atoms with Gasteiger partial charge in [-0.05, 0) is 35.7 Å². The van der Waals surface area contributed by atoms with Gasteiger partial charge in [-0.1, -0.05) is 11.6 Å². The van der Waals surface area contributed by atoms with Gasteiger partial charge in [0.1, 0.15) is 0 Å². The van der Waals surface area contributed by atoms with E-state index in [1.807, 2.05) is 0 Å². The number of tetrazole rings is 1. The minimum atomic E-state index is -1.23. The van der Waals surface area contributed by atoms with Crippen molar-refractivity contribution in [2.45, 2.75) is 19.4 Å². The molecule has 0 bridgehead atoms. The summed E-state index contributed by atoms with van der Waals surface area (Å²) in [7, 11) is 0. The number of carbonyl (C=O) groups is 1. The van der Waals surface area contributed by atoms with Gasteiger partial charge >= 0.3 is 5.97 Å². The molecule has 2 aromatic rings. The third kappa shape index (κ3) is 1.91. The highest BCUT2D eigenvalue weighted by molar-refractivity contribution is 7.14. The van der Waals surface area contributed by atoms with Crippen molar-refractivity contribution in [2.75, 3.05) is 0 Å². The molecular weight excluding hydrogens is 264 g/mol. The summed E-state index contributed by atoms with van der Waals surface area (Å²) in [5.74, 6) is -0.656. The second-order valence-corrected chi connectivity index (χ2v) is 5.20. The van der Waals surface area contributed by atoms with Gasteiger partial charge in [0, 0.05) is 0 Å². The molecule has 0 aliphatic rings. The van der Waals surface area contributed by atoms with Crippen LogP contribution in [-0.4, -0.2) is 31.3 Å². The Morgan fingerprint density at radius 2 is 2.29 bits per heavy atom. The third-order valence-corrected chi connectivity index (χ3v) is 3.68. The Bertz CT molecular complexity index is 563. The lowest BCUT2D eigenvalue weighted by molar-refractivity contribution is -0.146. The van der Waals surface area contributed by atoms with Crippen LogP contribution in [-0.2, 0) is 10.3 Å². The van der Waals surface area contributed by atoms with Gasteiger partial charge in [-0.3, -0.25) is 0 Å². The predicted octanol–water partition coefficient (Wildman–Crippen LogP) is 1.87. The Hall–Kier alpha value is -1.47. The van der Waals surface area contributed by atoms with Gasteiger partial charge in [0.25, 0.3) is 0 Å². The van der Waals surface area contributed by atoms with Crippen LogP contribution in [0.1, 0.15) is 13.8 Å². The Morgan fingerprint density at radius 1 is 1.59 bits per heavy atom. The summed E-state index contributed by atoms with van der Waals surface area (Å²) in [6.45, 7) is 3.05. The summed E-state index contributed by atoms with van der Waals surface area (Å²) < 4.78 is 1.26. The number of aromatic nitrogens is 4. The minimum absolute atomic E-state index is 0.359. The summed E-state index contributed by atoms with van der Waals surface area (Å²) in [6, 6.07) is 1.72. The highest BCUT2D eigenvalue weighted by atomic mass is 35.5. The summed E-state index contributed by atoms with van der Waals surface area (Å²) in [6.07, 6.45) is 0. The molecule has 0 aromatic carbocycles. The molecule has 17 heavy (non-hydrogen) atoms. The first-order valence-electron chi connectivity index (χ1n) is 4.70. The monoisotopic (exact) mass is 272 g/mol. The zero-order chi connectivity index (χ0) is 12.6. The Morgan fingerprint density at radius 3 is 2.82 bits per heavy atom. The molecule has 0 fully saturated rings. The van der Waals surface area contributed by atoms with E-state index in [0.717, 1.165) is 0 Å². The van der Waals surface area contributed by atoms with E-state index >= 15 is 0 Å². The SMILES string of the molecule is CC(C)(C(=O)O)n1nnnc1-c1sccc1Cl. The second-order valence-electron chi connectivity index (χ2n) is 3.88. The molecule has 0 saturated heterocycles. The molecule has 0 amide bonds. The topological polar surface area (TPSA) is 80.9 Å². The largest absolute Gasteiger partial charge is 0.479 e. The number of carboxylic acids is 1. The third-order valence-electron chi connectivity index (χ3n) is 2.34. The molecule has 8 heteroatoms. The number of thiophene rings is 1. The van der Waals surface area contributed by atoms with Crippen LogP contribution in [0.15, 0.2) is 11.4 Å². The van der Waals surface area contributed by atoms with Gasteiger partial charge in [-0.25, -0.2) is 9.48 Å². The van der Waals surface area contributed by atoms with Crippen molar-refractivity contribution in [2.24, 2.45) is 0 Å². The van der Waals surface area contributed by atoms with E-state index in [2.05, 4.69) is 15.5 Å².